The molecular weight excluding hydrogens is 324 g/mol. The fourth-order valence-electron chi connectivity index (χ4n) is 2.80. The van der Waals surface area contributed by atoms with Crippen LogP contribution in [0.3, 0.4) is 0 Å². The molecule has 1 unspecified atom stereocenters. The Balaban J connectivity index is 1.98. The van der Waals surface area contributed by atoms with Crippen molar-refractivity contribution in [1.82, 2.24) is 0 Å². The van der Waals surface area contributed by atoms with Crippen molar-refractivity contribution in [2.24, 2.45) is 0 Å². The molecule has 3 rings (SSSR count). The summed E-state index contributed by atoms with van der Waals surface area (Å²) in [6.07, 6.45) is 3.42. The zero-order chi connectivity index (χ0) is 16.1. The Labute approximate surface area is 135 Å². The average Bonchev–Trinajstić information content (AvgIpc) is 3.28. The van der Waals surface area contributed by atoms with E-state index in [9.17, 15) is 13.2 Å². The Kier molecular flexibility index (Phi) is 3.85. The summed E-state index contributed by atoms with van der Waals surface area (Å²) in [5, 5.41) is -0.506. The number of fused-ring (bicyclic) bond motifs is 1. The number of halogens is 1. The number of carbonyl (C=O) groups is 1. The Morgan fingerprint density at radius 2 is 1.95 bits per heavy atom. The maximum absolute atomic E-state index is 12.6. The smallest absolute Gasteiger partial charge is 0.245 e. The number of rotatable bonds is 3. The van der Waals surface area contributed by atoms with E-state index in [4.69, 9.17) is 11.6 Å². The zero-order valence-corrected chi connectivity index (χ0v) is 14.2. The van der Waals surface area contributed by atoms with E-state index >= 15 is 0 Å². The van der Waals surface area contributed by atoms with E-state index < -0.39 is 15.1 Å². The Bertz CT molecular complexity index is 715. The molecule has 1 aromatic carbocycles. The Morgan fingerprint density at radius 3 is 2.55 bits per heavy atom. The number of benzene rings is 1. The highest BCUT2D eigenvalue weighted by Gasteiger charge is 2.38. The zero-order valence-electron chi connectivity index (χ0n) is 12.6. The second-order valence-corrected chi connectivity index (χ2v) is 8.82. The van der Waals surface area contributed by atoms with E-state index in [1.54, 1.807) is 11.0 Å². The molecule has 0 aromatic heterocycles. The first-order valence-electron chi connectivity index (χ1n) is 7.35. The van der Waals surface area contributed by atoms with Crippen LogP contribution in [0.1, 0.15) is 19.8 Å². The molecule has 1 fully saturated rings. The molecule has 1 aromatic rings. The maximum Gasteiger partial charge on any atom is 0.245 e. The average molecular weight is 343 g/mol. The number of sulfone groups is 1. The van der Waals surface area contributed by atoms with E-state index in [1.165, 1.54) is 6.92 Å². The fourth-order valence-corrected chi connectivity index (χ4v) is 3.46. The second-order valence-electron chi connectivity index (χ2n) is 6.02. The van der Waals surface area contributed by atoms with Crippen molar-refractivity contribution in [3.63, 3.8) is 0 Å². The number of anilines is 2. The molecule has 1 heterocycles. The van der Waals surface area contributed by atoms with Gasteiger partial charge in [-0.2, -0.15) is 0 Å². The lowest BCUT2D eigenvalue weighted by Gasteiger charge is -2.38. The van der Waals surface area contributed by atoms with Crippen molar-refractivity contribution in [2.45, 2.75) is 31.1 Å². The van der Waals surface area contributed by atoms with E-state index in [-0.39, 0.29) is 5.91 Å². The first-order valence-corrected chi connectivity index (χ1v) is 9.68. The van der Waals surface area contributed by atoms with Gasteiger partial charge in [-0.1, -0.05) is 11.6 Å². The highest BCUT2D eigenvalue weighted by Crippen LogP contribution is 2.41. The van der Waals surface area contributed by atoms with Crippen LogP contribution in [-0.2, 0) is 14.6 Å². The predicted octanol–water partition coefficient (Wildman–Crippen LogP) is 2.09. The summed E-state index contributed by atoms with van der Waals surface area (Å²) in [6, 6.07) is 6.01. The number of hydrogen-bond acceptors (Lipinski definition) is 4. The maximum atomic E-state index is 12.6. The van der Waals surface area contributed by atoms with Crippen molar-refractivity contribution in [1.29, 1.82) is 0 Å². The van der Waals surface area contributed by atoms with Crippen LogP contribution in [0.5, 0.6) is 0 Å². The lowest BCUT2D eigenvalue weighted by molar-refractivity contribution is -0.118. The molecule has 5 nitrogen and oxygen atoms in total. The predicted molar refractivity (Wildman–Crippen MR) is 88.5 cm³/mol. The lowest BCUT2D eigenvalue weighted by Crippen LogP contribution is -2.49. The summed E-state index contributed by atoms with van der Waals surface area (Å²) >= 11 is 6.08. The molecule has 1 aliphatic heterocycles. The minimum absolute atomic E-state index is 0.388. The van der Waals surface area contributed by atoms with Gasteiger partial charge in [-0.15, -0.1) is 0 Å². The van der Waals surface area contributed by atoms with Gasteiger partial charge in [0.15, 0.2) is 9.84 Å². The minimum atomic E-state index is -3.42. The van der Waals surface area contributed by atoms with Crippen molar-refractivity contribution in [3.05, 3.63) is 23.2 Å². The van der Waals surface area contributed by atoms with Gasteiger partial charge in [-0.25, -0.2) is 8.42 Å². The van der Waals surface area contributed by atoms with Crippen molar-refractivity contribution >= 4 is 38.7 Å². The van der Waals surface area contributed by atoms with Gasteiger partial charge >= 0.3 is 0 Å². The topological polar surface area (TPSA) is 57.7 Å². The van der Waals surface area contributed by atoms with Crippen LogP contribution in [0, 0.1) is 0 Å². The Morgan fingerprint density at radius 1 is 1.27 bits per heavy atom. The van der Waals surface area contributed by atoms with Crippen molar-refractivity contribution in [2.75, 3.05) is 29.1 Å². The van der Waals surface area contributed by atoms with Crippen molar-refractivity contribution in [3.8, 4) is 0 Å². The lowest BCUT2D eigenvalue weighted by atomic mass is 10.1. The van der Waals surface area contributed by atoms with Crippen molar-refractivity contribution < 1.29 is 13.2 Å². The Hall–Kier alpha value is -1.27. The third kappa shape index (κ3) is 2.82. The summed E-state index contributed by atoms with van der Waals surface area (Å²) < 4.78 is 23.4. The second kappa shape index (κ2) is 5.42. The van der Waals surface area contributed by atoms with Crippen LogP contribution in [0.2, 0.25) is 5.02 Å². The standard InChI is InChI=1S/C15H19ClN2O3S/c1-10(22(2,20)21)15(19)18-8-7-17(12-4-5-12)13-6-3-11(16)9-14(13)18/h3,6,9-10,12H,4-5,7-8H2,1-2H3. The van der Waals surface area contributed by atoms with Crippen LogP contribution in [0.15, 0.2) is 18.2 Å². The molecule has 22 heavy (non-hydrogen) atoms. The first-order chi connectivity index (χ1) is 10.3. The number of carbonyl (C=O) groups excluding carboxylic acids is 1. The van der Waals surface area contributed by atoms with Crippen LogP contribution < -0.4 is 9.80 Å². The molecule has 0 saturated heterocycles. The minimum Gasteiger partial charge on any atom is -0.365 e. The first kappa shape index (κ1) is 15.6. The molecule has 7 heteroatoms. The highest BCUT2D eigenvalue weighted by molar-refractivity contribution is 7.92. The molecule has 1 aliphatic carbocycles. The summed E-state index contributed by atoms with van der Waals surface area (Å²) in [7, 11) is -3.42. The molecular formula is C15H19ClN2O3S. The number of amides is 1. The molecule has 0 radical (unpaired) electrons. The normalized spacial score (nSPS) is 19.8. The van der Waals surface area contributed by atoms with Crippen LogP contribution in [0.4, 0.5) is 11.4 Å². The van der Waals surface area contributed by atoms with Gasteiger partial charge in [0, 0.05) is 30.4 Å². The van der Waals surface area contributed by atoms with Gasteiger partial charge in [0.25, 0.3) is 0 Å². The summed E-state index contributed by atoms with van der Waals surface area (Å²) in [5.74, 6) is -0.388. The van der Waals surface area contributed by atoms with Crippen LogP contribution in [0.25, 0.3) is 0 Å². The fraction of sp³-hybridized carbons (Fsp3) is 0.533. The highest BCUT2D eigenvalue weighted by atomic mass is 35.5. The SMILES string of the molecule is CC(C(=O)N1CCN(C2CC2)c2ccc(Cl)cc21)S(C)(=O)=O. The molecule has 1 atom stereocenters. The van der Waals surface area contributed by atoms with Gasteiger partial charge in [-0.05, 0) is 38.0 Å². The van der Waals surface area contributed by atoms with Gasteiger partial charge in [0.2, 0.25) is 5.91 Å². The van der Waals surface area contributed by atoms with E-state index in [0.29, 0.717) is 23.3 Å². The third-order valence-corrected chi connectivity index (χ3v) is 6.07. The monoisotopic (exact) mass is 342 g/mol. The van der Waals surface area contributed by atoms with Gasteiger partial charge in [0.05, 0.1) is 11.4 Å². The van der Waals surface area contributed by atoms with Gasteiger partial charge < -0.3 is 9.80 Å². The van der Waals surface area contributed by atoms with E-state index in [1.807, 2.05) is 12.1 Å². The number of hydrogen-bond donors (Lipinski definition) is 0. The summed E-state index contributed by atoms with van der Waals surface area (Å²) in [6.45, 7) is 2.65. The van der Waals surface area contributed by atoms with Crippen LogP contribution in [-0.4, -0.2) is 45.0 Å². The molecule has 0 N–H and O–H groups in total. The molecule has 0 spiro atoms. The third-order valence-electron chi connectivity index (χ3n) is 4.35. The number of nitrogens with zero attached hydrogens (tertiary/aromatic N) is 2. The quantitative estimate of drug-likeness (QED) is 0.844. The summed E-state index contributed by atoms with van der Waals surface area (Å²) in [5.41, 5.74) is 1.68. The van der Waals surface area contributed by atoms with E-state index in [0.717, 1.165) is 31.3 Å². The van der Waals surface area contributed by atoms with Crippen LogP contribution >= 0.6 is 11.6 Å². The van der Waals surface area contributed by atoms with Gasteiger partial charge in [0.1, 0.15) is 5.25 Å². The molecule has 1 saturated carbocycles. The molecule has 120 valence electrons. The largest absolute Gasteiger partial charge is 0.365 e. The molecule has 2 aliphatic rings. The van der Waals surface area contributed by atoms with E-state index in [2.05, 4.69) is 4.90 Å². The van der Waals surface area contributed by atoms with Gasteiger partial charge in [-0.3, -0.25) is 4.79 Å². The molecule has 0 bridgehead atoms. The molecule has 1 amide bonds. The summed E-state index contributed by atoms with van der Waals surface area (Å²) in [4.78, 5) is 16.4.